The summed E-state index contributed by atoms with van der Waals surface area (Å²) in [4.78, 5) is 0. The average Bonchev–Trinajstić information content (AvgIpc) is 1.71. The summed E-state index contributed by atoms with van der Waals surface area (Å²) in [6, 6.07) is 0. The fourth-order valence-corrected chi connectivity index (χ4v) is 19.1. The van der Waals surface area contributed by atoms with E-state index >= 15 is 0 Å². The first-order chi connectivity index (χ1) is 6.52. The molecule has 0 N–H and O–H groups in total. The summed E-state index contributed by atoms with van der Waals surface area (Å²) >= 11 is 0. The van der Waals surface area contributed by atoms with Crippen LogP contribution in [0.4, 0.5) is 0 Å². The van der Waals surface area contributed by atoms with E-state index in [9.17, 15) is 0 Å². The van der Waals surface area contributed by atoms with E-state index in [0.29, 0.717) is 0 Å². The molecule has 1 radical (unpaired) electrons. The third-order valence-corrected chi connectivity index (χ3v) is 15.9. The molecule has 0 atom stereocenters. The van der Waals surface area contributed by atoms with Crippen LogP contribution in [0.1, 0.15) is 0 Å². The highest BCUT2D eigenvalue weighted by molar-refractivity contribution is 6.89. The van der Waals surface area contributed by atoms with Crippen molar-refractivity contribution in [2.45, 2.75) is 45.8 Å². The molecule has 1 heterocycles. The van der Waals surface area contributed by atoms with Gasteiger partial charge in [0.1, 0.15) is 0 Å². The Morgan fingerprint density at radius 3 is 1.33 bits per heavy atom. The molecule has 0 aromatic rings. The van der Waals surface area contributed by atoms with E-state index < -0.39 is 35.0 Å². The van der Waals surface area contributed by atoms with Gasteiger partial charge in [0.05, 0.1) is 0 Å². The maximum Gasteiger partial charge on any atom is 0.362 e. The van der Waals surface area contributed by atoms with E-state index in [1.807, 2.05) is 6.55 Å². The molecule has 0 amide bonds. The van der Waals surface area contributed by atoms with Crippen molar-refractivity contribution in [3.8, 4) is 0 Å². The normalized spacial score (nSPS) is 30.6. The highest BCUT2D eigenvalue weighted by Crippen LogP contribution is 2.26. The Morgan fingerprint density at radius 2 is 1.00 bits per heavy atom. The van der Waals surface area contributed by atoms with Crippen molar-refractivity contribution in [1.29, 1.82) is 0 Å². The van der Waals surface area contributed by atoms with E-state index in [2.05, 4.69) is 39.3 Å². The van der Waals surface area contributed by atoms with Crippen LogP contribution in [0.3, 0.4) is 0 Å². The topological polar surface area (TPSA) is 36.9 Å². The van der Waals surface area contributed by atoms with Crippen LogP contribution in [0.5, 0.6) is 0 Å². The van der Waals surface area contributed by atoms with Crippen LogP contribution < -0.4 is 0 Å². The van der Waals surface area contributed by atoms with Crippen LogP contribution in [-0.2, 0) is 16.5 Å². The molecule has 0 saturated carbocycles. The van der Waals surface area contributed by atoms with Crippen LogP contribution in [0, 0.1) is 0 Å². The van der Waals surface area contributed by atoms with Crippen molar-refractivity contribution in [2.24, 2.45) is 0 Å². The molecule has 0 aliphatic carbocycles. The second-order valence-electron chi connectivity index (χ2n) is 5.10. The van der Waals surface area contributed by atoms with Gasteiger partial charge in [-0.1, -0.05) is 0 Å². The zero-order valence-corrected chi connectivity index (χ0v) is 14.6. The Morgan fingerprint density at radius 1 is 0.667 bits per heavy atom. The van der Waals surface area contributed by atoms with Gasteiger partial charge in [0, 0.05) is 0 Å². The molecule has 15 heavy (non-hydrogen) atoms. The molecule has 8 heteroatoms. The molecule has 1 aliphatic rings. The van der Waals surface area contributed by atoms with Gasteiger partial charge in [0.2, 0.25) is 0 Å². The summed E-state index contributed by atoms with van der Waals surface area (Å²) in [6.45, 7) is 14.4. The minimum absolute atomic E-state index is 1.22. The second-order valence-corrected chi connectivity index (χ2v) is 17.7. The Hall–Kier alpha value is 0.708. The molecule has 1 saturated heterocycles. The minimum Gasteiger partial charge on any atom is -0.416 e. The monoisotopic (exact) mass is 281 g/mol. The molecule has 89 valence electrons. The summed E-state index contributed by atoms with van der Waals surface area (Å²) in [5.74, 6) is 0. The lowest BCUT2D eigenvalue weighted by atomic mass is 11.9. The van der Waals surface area contributed by atoms with Gasteiger partial charge in [0.25, 0.3) is 0 Å². The van der Waals surface area contributed by atoms with Gasteiger partial charge >= 0.3 is 35.0 Å². The zero-order chi connectivity index (χ0) is 11.9. The molecular formula is C7H21O4Si4. The van der Waals surface area contributed by atoms with Gasteiger partial charge in [-0.05, 0) is 45.8 Å². The quantitative estimate of drug-likeness (QED) is 0.639. The fraction of sp³-hybridized carbons (Fsp3) is 1.00. The standard InChI is InChI=1S/C7H21O4Si4/c1-12-8-13(2,3)10-15(6,7)11-14(4,5)9-12/h1-7H3. The molecule has 0 aromatic heterocycles. The smallest absolute Gasteiger partial charge is 0.362 e. The van der Waals surface area contributed by atoms with Crippen molar-refractivity contribution in [3.63, 3.8) is 0 Å². The van der Waals surface area contributed by atoms with Gasteiger partial charge in [-0.3, -0.25) is 0 Å². The molecular weight excluding hydrogens is 260 g/mol. The molecule has 1 fully saturated rings. The van der Waals surface area contributed by atoms with Crippen LogP contribution in [0.15, 0.2) is 0 Å². The maximum absolute atomic E-state index is 6.09. The van der Waals surface area contributed by atoms with Crippen molar-refractivity contribution in [2.75, 3.05) is 0 Å². The fourth-order valence-electron chi connectivity index (χ4n) is 1.96. The van der Waals surface area contributed by atoms with Gasteiger partial charge in [-0.25, -0.2) is 0 Å². The summed E-state index contributed by atoms with van der Waals surface area (Å²) in [5.41, 5.74) is 0. The Balaban J connectivity index is 2.85. The number of hydrogen-bond donors (Lipinski definition) is 0. The first-order valence-corrected chi connectivity index (χ1v) is 15.4. The highest BCUT2D eigenvalue weighted by atomic mass is 28.5. The molecule has 0 unspecified atom stereocenters. The van der Waals surface area contributed by atoms with E-state index in [1.54, 1.807) is 0 Å². The minimum atomic E-state index is -2.08. The summed E-state index contributed by atoms with van der Waals surface area (Å²) in [7, 11) is -7.41. The van der Waals surface area contributed by atoms with Crippen LogP contribution in [0.25, 0.3) is 0 Å². The predicted octanol–water partition coefficient (Wildman–Crippen LogP) is 2.29. The van der Waals surface area contributed by atoms with Crippen molar-refractivity contribution in [3.05, 3.63) is 0 Å². The highest BCUT2D eigenvalue weighted by Gasteiger charge is 2.46. The SMILES string of the molecule is C[Si]1O[Si](C)(C)O[Si](C)(C)O[Si](C)(C)O1. The first kappa shape index (κ1) is 13.8. The summed E-state index contributed by atoms with van der Waals surface area (Å²) in [6.07, 6.45) is 0. The largest absolute Gasteiger partial charge is 0.416 e. The summed E-state index contributed by atoms with van der Waals surface area (Å²) < 4.78 is 24.0. The van der Waals surface area contributed by atoms with Crippen LogP contribution in [0.2, 0.25) is 45.8 Å². The number of hydrogen-bond acceptors (Lipinski definition) is 4. The number of rotatable bonds is 0. The van der Waals surface area contributed by atoms with Gasteiger partial charge < -0.3 is 16.5 Å². The zero-order valence-electron chi connectivity index (χ0n) is 10.6. The predicted molar refractivity (Wildman–Crippen MR) is 68.4 cm³/mol. The third kappa shape index (κ3) is 4.61. The molecule has 0 aromatic carbocycles. The second kappa shape index (κ2) is 4.18. The van der Waals surface area contributed by atoms with E-state index in [1.165, 1.54) is 0 Å². The van der Waals surface area contributed by atoms with Gasteiger partial charge in [-0.15, -0.1) is 0 Å². The van der Waals surface area contributed by atoms with E-state index in [-0.39, 0.29) is 0 Å². The van der Waals surface area contributed by atoms with Gasteiger partial charge in [0.15, 0.2) is 0 Å². The molecule has 4 nitrogen and oxygen atoms in total. The lowest BCUT2D eigenvalue weighted by Gasteiger charge is -2.42. The first-order valence-electron chi connectivity index (χ1n) is 5.13. The van der Waals surface area contributed by atoms with Crippen LogP contribution >= 0.6 is 0 Å². The Bertz CT molecular complexity index is 221. The van der Waals surface area contributed by atoms with Crippen molar-refractivity contribution >= 4 is 35.0 Å². The Kier molecular flexibility index (Phi) is 3.84. The lowest BCUT2D eigenvalue weighted by Crippen LogP contribution is -2.60. The van der Waals surface area contributed by atoms with Crippen molar-refractivity contribution in [1.82, 2.24) is 0 Å². The van der Waals surface area contributed by atoms with Crippen LogP contribution in [-0.4, -0.2) is 35.0 Å². The Labute approximate surface area is 97.5 Å². The summed E-state index contributed by atoms with van der Waals surface area (Å²) in [5, 5.41) is 0. The van der Waals surface area contributed by atoms with Gasteiger partial charge in [-0.2, -0.15) is 0 Å². The molecule has 1 aliphatic heterocycles. The maximum atomic E-state index is 6.09. The molecule has 1 rings (SSSR count). The molecule has 0 spiro atoms. The van der Waals surface area contributed by atoms with E-state index in [0.717, 1.165) is 0 Å². The molecule has 0 bridgehead atoms. The average molecular weight is 282 g/mol. The lowest BCUT2D eigenvalue weighted by molar-refractivity contribution is 0.251. The van der Waals surface area contributed by atoms with Crippen molar-refractivity contribution < 1.29 is 16.5 Å². The third-order valence-electron chi connectivity index (χ3n) is 1.76. The van der Waals surface area contributed by atoms with E-state index in [4.69, 9.17) is 16.5 Å².